The van der Waals surface area contributed by atoms with Crippen molar-refractivity contribution in [3.63, 3.8) is 0 Å². The van der Waals surface area contributed by atoms with Crippen molar-refractivity contribution in [3.8, 4) is 50.1 Å². The molecule has 8 aromatic heterocycles. The second kappa shape index (κ2) is 26.5. The highest BCUT2D eigenvalue weighted by Gasteiger charge is 2.42. The number of hydrogen-bond donors (Lipinski definition) is 0. The van der Waals surface area contributed by atoms with Crippen LogP contribution < -0.4 is 0 Å². The maximum Gasteiger partial charge on any atom is 0.197 e. The van der Waals surface area contributed by atoms with Crippen LogP contribution in [0.1, 0.15) is 213 Å². The highest BCUT2D eigenvalue weighted by molar-refractivity contribution is 7.31. The van der Waals surface area contributed by atoms with Crippen LogP contribution in [0, 0.1) is 37.5 Å². The molecular formula is C69H82O2S8. The van der Waals surface area contributed by atoms with Gasteiger partial charge in [-0.05, 0) is 124 Å². The van der Waals surface area contributed by atoms with Gasteiger partial charge in [0.2, 0.25) is 0 Å². The predicted octanol–water partition coefficient (Wildman–Crippen LogP) is 24.9. The zero-order valence-electron chi connectivity index (χ0n) is 48.6. The Balaban J connectivity index is 1.12. The van der Waals surface area contributed by atoms with E-state index in [4.69, 9.17) is 0 Å². The van der Waals surface area contributed by atoms with Crippen molar-refractivity contribution in [3.05, 3.63) is 112 Å². The molecule has 10 heteroatoms. The minimum atomic E-state index is 0.0716. The van der Waals surface area contributed by atoms with Crippen LogP contribution in [0.3, 0.4) is 0 Å². The van der Waals surface area contributed by atoms with Crippen LogP contribution in [0.5, 0.6) is 0 Å². The molecule has 0 spiro atoms. The first-order chi connectivity index (χ1) is 38.4. The third-order valence-corrected chi connectivity index (χ3v) is 26.5. The number of hydrogen-bond acceptors (Lipinski definition) is 10. The lowest BCUT2D eigenvalue weighted by atomic mass is 9.81. The molecule has 0 bridgehead atoms. The number of fused-ring (bicyclic) bond motifs is 4. The van der Waals surface area contributed by atoms with Gasteiger partial charge in [0.25, 0.3) is 0 Å². The van der Waals surface area contributed by atoms with Gasteiger partial charge in [0, 0.05) is 101 Å². The zero-order valence-corrected chi connectivity index (χ0v) is 55.1. The normalized spacial score (nSPS) is 14.3. The molecule has 0 radical (unpaired) electrons. The molecule has 0 amide bonds. The Bertz CT molecular complexity index is 3550. The third-order valence-electron chi connectivity index (χ3n) is 17.0. The van der Waals surface area contributed by atoms with Crippen LogP contribution in [0.2, 0.25) is 0 Å². The first kappa shape index (κ1) is 58.9. The van der Waals surface area contributed by atoms with Gasteiger partial charge in [0.05, 0.1) is 20.9 Å². The summed E-state index contributed by atoms with van der Waals surface area (Å²) < 4.78 is 2.76. The highest BCUT2D eigenvalue weighted by Crippen LogP contribution is 2.56. The summed E-state index contributed by atoms with van der Waals surface area (Å²) in [6.07, 6.45) is 22.0. The number of benzene rings is 1. The molecule has 0 N–H and O–H groups in total. The molecule has 1 aromatic carbocycles. The molecule has 1 aliphatic rings. The summed E-state index contributed by atoms with van der Waals surface area (Å²) in [6.45, 7) is 23.0. The Kier molecular flexibility index (Phi) is 19.7. The number of aryl methyl sites for hydroxylation is 2. The van der Waals surface area contributed by atoms with E-state index < -0.39 is 0 Å². The van der Waals surface area contributed by atoms with Crippen LogP contribution in [0.15, 0.2) is 60.7 Å². The van der Waals surface area contributed by atoms with Gasteiger partial charge in [-0.15, -0.1) is 90.7 Å². The SMILES string of the molecule is CCCCC(C)Cc1ccc(-c2c3cc(-c4ccc(-c5sc(-c6ccc(C)s6)c6c5C(=O)c5c(CC(CC)CCCC)sc(CC(CC)CCCC)c5C6=O)s4)sc3c(-c3ccc(CC(CC)CCCC)s3)c3cc(C)sc23)s1. The second-order valence-electron chi connectivity index (χ2n) is 23.0. The van der Waals surface area contributed by atoms with Crippen LogP contribution in [-0.4, -0.2) is 11.6 Å². The van der Waals surface area contributed by atoms with E-state index in [9.17, 15) is 0 Å². The van der Waals surface area contributed by atoms with Crippen molar-refractivity contribution >= 4 is 122 Å². The summed E-state index contributed by atoms with van der Waals surface area (Å²) in [5.74, 6) is 2.51. The molecule has 0 saturated carbocycles. The topological polar surface area (TPSA) is 34.1 Å². The fourth-order valence-corrected chi connectivity index (χ4v) is 22.2. The van der Waals surface area contributed by atoms with Crippen LogP contribution in [0.25, 0.3) is 70.3 Å². The Labute approximate surface area is 504 Å². The first-order valence-electron chi connectivity index (χ1n) is 30.2. The lowest BCUT2D eigenvalue weighted by Crippen LogP contribution is -2.22. The lowest BCUT2D eigenvalue weighted by molar-refractivity contribution is 0.0980. The maximum absolute atomic E-state index is 15.9. The number of thiophene rings is 8. The molecule has 418 valence electrons. The molecule has 4 unspecified atom stereocenters. The smallest absolute Gasteiger partial charge is 0.197 e. The van der Waals surface area contributed by atoms with Gasteiger partial charge in [0.15, 0.2) is 11.6 Å². The summed E-state index contributed by atoms with van der Waals surface area (Å²) in [5.41, 5.74) is 5.53. The van der Waals surface area contributed by atoms with Crippen molar-refractivity contribution < 1.29 is 9.59 Å². The molecule has 1 aliphatic carbocycles. The minimum Gasteiger partial charge on any atom is -0.288 e. The van der Waals surface area contributed by atoms with Crippen molar-refractivity contribution in [2.24, 2.45) is 23.7 Å². The van der Waals surface area contributed by atoms with Gasteiger partial charge in [-0.1, -0.05) is 152 Å². The average Bonchev–Trinajstić information content (AvgIpc) is 3.93. The van der Waals surface area contributed by atoms with E-state index in [1.807, 2.05) is 45.3 Å². The quantitative estimate of drug-likeness (QED) is 0.0490. The third kappa shape index (κ3) is 12.4. The number of unbranched alkanes of at least 4 members (excludes halogenated alkanes) is 4. The van der Waals surface area contributed by atoms with Crippen molar-refractivity contribution in [2.45, 2.75) is 191 Å². The van der Waals surface area contributed by atoms with Gasteiger partial charge in [-0.2, -0.15) is 0 Å². The van der Waals surface area contributed by atoms with E-state index >= 15 is 9.59 Å². The molecule has 9 aromatic rings. The molecule has 0 fully saturated rings. The summed E-state index contributed by atoms with van der Waals surface area (Å²) in [6, 6.07) is 23.6. The fraction of sp³-hybridized carbons (Fsp3) is 0.478. The van der Waals surface area contributed by atoms with Gasteiger partial charge in [0.1, 0.15) is 0 Å². The van der Waals surface area contributed by atoms with Crippen molar-refractivity contribution in [1.82, 2.24) is 0 Å². The summed E-state index contributed by atoms with van der Waals surface area (Å²) in [7, 11) is 0. The number of carbonyl (C=O) groups excluding carboxylic acids is 2. The Hall–Kier alpha value is -3.32. The van der Waals surface area contributed by atoms with E-state index in [0.717, 1.165) is 98.2 Å². The Morgan fingerprint density at radius 2 is 0.848 bits per heavy atom. The molecule has 79 heavy (non-hydrogen) atoms. The fourth-order valence-electron chi connectivity index (χ4n) is 12.3. The summed E-state index contributed by atoms with van der Waals surface area (Å²) >= 11 is 14.9. The van der Waals surface area contributed by atoms with E-state index in [-0.39, 0.29) is 11.6 Å². The predicted molar refractivity (Wildman–Crippen MR) is 358 cm³/mol. The van der Waals surface area contributed by atoms with Gasteiger partial charge in [-0.3, -0.25) is 9.59 Å². The van der Waals surface area contributed by atoms with Gasteiger partial charge in [-0.25, -0.2) is 0 Å². The largest absolute Gasteiger partial charge is 0.288 e. The Morgan fingerprint density at radius 3 is 1.38 bits per heavy atom. The van der Waals surface area contributed by atoms with Crippen LogP contribution >= 0.6 is 90.7 Å². The molecule has 4 atom stereocenters. The van der Waals surface area contributed by atoms with E-state index in [0.29, 0.717) is 34.8 Å². The van der Waals surface area contributed by atoms with E-state index in [2.05, 4.69) is 130 Å². The van der Waals surface area contributed by atoms with Crippen molar-refractivity contribution in [1.29, 1.82) is 0 Å². The minimum absolute atomic E-state index is 0.0716. The average molecular weight is 1200 g/mol. The standard InChI is InChI=1S/C69H82O2S8/c1-11-18-22-40(8)34-46-27-30-52(74-46)59-49-39-55(78-67(49)58(48-35-42(10)73-66(48)59)51-31-28-47(75-51)36-43(15-5)23-19-12-2)50-32-33-54(76-50)69-63-62(68(79-69)53-29-26-41(9)72-53)64(70)60-56(37-44(16-6)24-20-13-3)77-57(61(60)65(63)71)38-45(17-7)25-21-14-4/h26-33,35,39-40,43-45H,11-25,34,36-38H2,1-10H3. The highest BCUT2D eigenvalue weighted by atomic mass is 32.1. The van der Waals surface area contributed by atoms with Crippen LogP contribution in [-0.2, 0) is 25.7 Å². The number of ketones is 2. The molecule has 10 rings (SSSR count). The molecule has 0 saturated heterocycles. The summed E-state index contributed by atoms with van der Waals surface area (Å²) in [5, 5.41) is 2.73. The van der Waals surface area contributed by atoms with Crippen LogP contribution in [0.4, 0.5) is 0 Å². The first-order valence-corrected chi connectivity index (χ1v) is 36.7. The van der Waals surface area contributed by atoms with Crippen molar-refractivity contribution in [2.75, 3.05) is 0 Å². The Morgan fingerprint density at radius 1 is 0.380 bits per heavy atom. The number of carbonyl (C=O) groups is 2. The van der Waals surface area contributed by atoms with Gasteiger partial charge >= 0.3 is 0 Å². The molecular weight excluding hydrogens is 1120 g/mol. The van der Waals surface area contributed by atoms with E-state index in [1.54, 1.807) is 45.3 Å². The molecule has 8 heterocycles. The zero-order chi connectivity index (χ0) is 55.5. The van der Waals surface area contributed by atoms with E-state index in [1.165, 1.54) is 135 Å². The monoisotopic (exact) mass is 1200 g/mol. The molecule has 0 aliphatic heterocycles. The van der Waals surface area contributed by atoms with Gasteiger partial charge < -0.3 is 0 Å². The second-order valence-corrected chi connectivity index (χ2v) is 32.2. The lowest BCUT2D eigenvalue weighted by Gasteiger charge is -2.19. The molecule has 2 nitrogen and oxygen atoms in total. The summed E-state index contributed by atoms with van der Waals surface area (Å²) in [4.78, 5) is 48.8. The maximum atomic E-state index is 15.9. The number of rotatable bonds is 28.